The van der Waals surface area contributed by atoms with Crippen LogP contribution >= 0.6 is 23.4 Å². The van der Waals surface area contributed by atoms with Gasteiger partial charge in [0, 0.05) is 16.7 Å². The fraction of sp³-hybridized carbons (Fsp3) is 0.0714. The number of amides is 1. The van der Waals surface area contributed by atoms with Crippen molar-refractivity contribution in [2.75, 3.05) is 4.90 Å². The maximum atomic E-state index is 13.5. The summed E-state index contributed by atoms with van der Waals surface area (Å²) < 4.78 is 6.01. The minimum Gasteiger partial charge on any atom is -0.457 e. The number of halogens is 1. The van der Waals surface area contributed by atoms with Crippen molar-refractivity contribution < 1.29 is 9.21 Å². The first-order valence-corrected chi connectivity index (χ1v) is 12.0. The summed E-state index contributed by atoms with van der Waals surface area (Å²) in [4.78, 5) is 20.6. The van der Waals surface area contributed by atoms with E-state index in [2.05, 4.69) is 0 Å². The second-order valence-electron chi connectivity index (χ2n) is 7.93. The van der Waals surface area contributed by atoms with Crippen molar-refractivity contribution in [3.05, 3.63) is 112 Å². The van der Waals surface area contributed by atoms with Crippen LogP contribution < -0.4 is 4.90 Å². The first kappa shape index (κ1) is 22.3. The minimum absolute atomic E-state index is 0.137. The molecule has 0 unspecified atom stereocenters. The van der Waals surface area contributed by atoms with E-state index in [1.807, 2.05) is 98.8 Å². The number of para-hydroxylation sites is 2. The molecule has 5 rings (SSSR count). The zero-order chi connectivity index (χ0) is 23.7. The monoisotopic (exact) mass is 484 g/mol. The van der Waals surface area contributed by atoms with Crippen molar-refractivity contribution in [1.82, 2.24) is 0 Å². The second-order valence-corrected chi connectivity index (χ2v) is 9.38. The van der Waals surface area contributed by atoms with E-state index in [1.165, 1.54) is 11.8 Å². The minimum atomic E-state index is -0.137. The summed E-state index contributed by atoms with van der Waals surface area (Å²) in [6.45, 7) is 4.05. The van der Waals surface area contributed by atoms with Gasteiger partial charge in [0.1, 0.15) is 11.5 Å². The summed E-state index contributed by atoms with van der Waals surface area (Å²) in [7, 11) is 0. The van der Waals surface area contributed by atoms with Gasteiger partial charge in [-0.05, 0) is 73.1 Å². The van der Waals surface area contributed by atoms with Gasteiger partial charge in [0.25, 0.3) is 5.91 Å². The molecular formula is C28H21ClN2O2S. The number of hydrogen-bond donors (Lipinski definition) is 0. The Balaban J connectivity index is 1.54. The lowest BCUT2D eigenvalue weighted by molar-refractivity contribution is -0.113. The Hall–Kier alpha value is -3.54. The summed E-state index contributed by atoms with van der Waals surface area (Å²) >= 11 is 7.46. The zero-order valence-electron chi connectivity index (χ0n) is 18.7. The van der Waals surface area contributed by atoms with E-state index in [9.17, 15) is 4.79 Å². The number of thioether (sulfide) groups is 1. The van der Waals surface area contributed by atoms with E-state index in [4.69, 9.17) is 21.0 Å². The van der Waals surface area contributed by atoms with E-state index >= 15 is 0 Å². The molecule has 0 N–H and O–H groups in total. The molecule has 0 bridgehead atoms. The van der Waals surface area contributed by atoms with E-state index in [0.29, 0.717) is 26.6 Å². The van der Waals surface area contributed by atoms with Gasteiger partial charge in [-0.25, -0.2) is 4.99 Å². The summed E-state index contributed by atoms with van der Waals surface area (Å²) in [6.07, 6.45) is 1.77. The molecule has 0 atom stereocenters. The molecule has 1 amide bonds. The van der Waals surface area contributed by atoms with Crippen molar-refractivity contribution in [2.45, 2.75) is 13.8 Å². The van der Waals surface area contributed by atoms with E-state index in [-0.39, 0.29) is 5.91 Å². The number of hydrogen-bond acceptors (Lipinski definition) is 4. The largest absolute Gasteiger partial charge is 0.457 e. The molecule has 1 saturated heterocycles. The van der Waals surface area contributed by atoms with E-state index < -0.39 is 0 Å². The molecule has 1 fully saturated rings. The fourth-order valence-electron chi connectivity index (χ4n) is 3.79. The molecule has 3 aromatic carbocycles. The van der Waals surface area contributed by atoms with Crippen LogP contribution in [0.3, 0.4) is 0 Å². The Morgan fingerprint density at radius 1 is 0.912 bits per heavy atom. The van der Waals surface area contributed by atoms with Crippen LogP contribution in [-0.2, 0) is 4.79 Å². The highest BCUT2D eigenvalue weighted by Gasteiger charge is 2.35. The zero-order valence-corrected chi connectivity index (χ0v) is 20.2. The van der Waals surface area contributed by atoms with Crippen molar-refractivity contribution in [3.8, 4) is 11.3 Å². The van der Waals surface area contributed by atoms with Crippen LogP contribution in [0.5, 0.6) is 0 Å². The lowest BCUT2D eigenvalue weighted by Crippen LogP contribution is -2.28. The standard InChI is InChI=1S/C28H21ClN2O2S/c1-18-8-6-9-19(2)26(18)30-28-31(22-12-4-3-5-13-22)27(32)25(34-28)17-23-14-15-24(33-23)20-10-7-11-21(29)16-20/h3-17H,1-2H3/b25-17-,30-28?. The van der Waals surface area contributed by atoms with Crippen molar-refractivity contribution in [3.63, 3.8) is 0 Å². The third kappa shape index (κ3) is 4.45. The van der Waals surface area contributed by atoms with Gasteiger partial charge in [0.15, 0.2) is 5.17 Å². The molecule has 2 heterocycles. The Bertz CT molecular complexity index is 1420. The van der Waals surface area contributed by atoms with Gasteiger partial charge >= 0.3 is 0 Å². The Morgan fingerprint density at radius 3 is 2.38 bits per heavy atom. The van der Waals surface area contributed by atoms with Crippen LogP contribution in [0.2, 0.25) is 5.02 Å². The molecule has 0 radical (unpaired) electrons. The smallest absolute Gasteiger partial charge is 0.271 e. The summed E-state index contributed by atoms with van der Waals surface area (Å²) in [5.41, 5.74) is 4.64. The van der Waals surface area contributed by atoms with Gasteiger partial charge in [-0.2, -0.15) is 0 Å². The van der Waals surface area contributed by atoms with Gasteiger partial charge in [-0.3, -0.25) is 9.69 Å². The molecule has 4 nitrogen and oxygen atoms in total. The molecule has 4 aromatic rings. The van der Waals surface area contributed by atoms with Crippen LogP contribution in [0, 0.1) is 13.8 Å². The highest BCUT2D eigenvalue weighted by molar-refractivity contribution is 8.19. The number of aliphatic imine (C=N–C) groups is 1. The van der Waals surface area contributed by atoms with Gasteiger partial charge in [0.2, 0.25) is 0 Å². The van der Waals surface area contributed by atoms with Crippen molar-refractivity contribution in [2.24, 2.45) is 4.99 Å². The maximum absolute atomic E-state index is 13.5. The normalized spacial score (nSPS) is 16.1. The average molecular weight is 485 g/mol. The number of carbonyl (C=O) groups is 1. The summed E-state index contributed by atoms with van der Waals surface area (Å²) in [5.74, 6) is 1.14. The molecule has 6 heteroatoms. The lowest BCUT2D eigenvalue weighted by atomic mass is 10.1. The van der Waals surface area contributed by atoms with Crippen LogP contribution in [0.4, 0.5) is 11.4 Å². The molecule has 1 aromatic heterocycles. The molecule has 0 saturated carbocycles. The summed E-state index contributed by atoms with van der Waals surface area (Å²) in [5, 5.41) is 1.25. The van der Waals surface area contributed by atoms with Gasteiger partial charge in [-0.15, -0.1) is 0 Å². The quantitative estimate of drug-likeness (QED) is 0.275. The number of rotatable bonds is 4. The highest BCUT2D eigenvalue weighted by Crippen LogP contribution is 2.38. The number of nitrogens with zero attached hydrogens (tertiary/aromatic N) is 2. The predicted octanol–water partition coefficient (Wildman–Crippen LogP) is 8.03. The highest BCUT2D eigenvalue weighted by atomic mass is 35.5. The number of amidine groups is 1. The number of anilines is 1. The third-order valence-electron chi connectivity index (χ3n) is 5.48. The number of furan rings is 1. The van der Waals surface area contributed by atoms with Crippen LogP contribution in [0.1, 0.15) is 16.9 Å². The van der Waals surface area contributed by atoms with Crippen LogP contribution in [0.15, 0.2) is 99.2 Å². The van der Waals surface area contributed by atoms with Crippen LogP contribution in [-0.4, -0.2) is 11.1 Å². The SMILES string of the molecule is Cc1cccc(C)c1N=C1S/C(=C\c2ccc(-c3cccc(Cl)c3)o2)C(=O)N1c1ccccc1. The first-order valence-electron chi connectivity index (χ1n) is 10.8. The molecular weight excluding hydrogens is 464 g/mol. The van der Waals surface area contributed by atoms with E-state index in [0.717, 1.165) is 28.1 Å². The number of aryl methyl sites for hydroxylation is 2. The molecule has 168 valence electrons. The van der Waals surface area contributed by atoms with E-state index in [1.54, 1.807) is 11.0 Å². The Morgan fingerprint density at radius 2 is 1.65 bits per heavy atom. The number of benzene rings is 3. The van der Waals surface area contributed by atoms with Crippen molar-refractivity contribution in [1.29, 1.82) is 0 Å². The predicted molar refractivity (Wildman–Crippen MR) is 142 cm³/mol. The Labute approximate surface area is 207 Å². The lowest BCUT2D eigenvalue weighted by Gasteiger charge is -2.16. The van der Waals surface area contributed by atoms with Gasteiger partial charge in [0.05, 0.1) is 16.3 Å². The first-order chi connectivity index (χ1) is 16.5. The second kappa shape index (κ2) is 9.37. The van der Waals surface area contributed by atoms with Gasteiger partial charge < -0.3 is 4.42 Å². The average Bonchev–Trinajstić information content (AvgIpc) is 3.42. The molecule has 0 spiro atoms. The topological polar surface area (TPSA) is 45.8 Å². The van der Waals surface area contributed by atoms with Crippen LogP contribution in [0.25, 0.3) is 17.4 Å². The molecule has 34 heavy (non-hydrogen) atoms. The fourth-order valence-corrected chi connectivity index (χ4v) is 4.94. The van der Waals surface area contributed by atoms with Crippen molar-refractivity contribution >= 4 is 51.9 Å². The molecule has 1 aliphatic rings. The molecule has 0 aliphatic carbocycles. The number of carbonyl (C=O) groups excluding carboxylic acids is 1. The summed E-state index contributed by atoms with van der Waals surface area (Å²) in [6, 6.07) is 26.8. The third-order valence-corrected chi connectivity index (χ3v) is 6.68. The maximum Gasteiger partial charge on any atom is 0.271 e. The van der Waals surface area contributed by atoms with Gasteiger partial charge in [-0.1, -0.05) is 60.1 Å². The Kier molecular flexibility index (Phi) is 6.14. The molecule has 1 aliphatic heterocycles.